The van der Waals surface area contributed by atoms with Gasteiger partial charge in [0.1, 0.15) is 5.75 Å². The van der Waals surface area contributed by atoms with Crippen molar-refractivity contribution < 1.29 is 9.53 Å². The fourth-order valence-electron chi connectivity index (χ4n) is 3.51. The third kappa shape index (κ3) is 3.83. The highest BCUT2D eigenvalue weighted by atomic mass is 16.5. The number of amides is 2. The minimum absolute atomic E-state index is 0.283. The van der Waals surface area contributed by atoms with Gasteiger partial charge in [0.15, 0.2) is 5.82 Å². The SMILES string of the molecule is COc1cccc(C2(NC(=O)Nc3cn(Cc4ccccc4)nn3)CCC2)c1. The summed E-state index contributed by atoms with van der Waals surface area (Å²) in [5, 5.41) is 14.0. The number of nitrogens with zero attached hydrogens (tertiary/aromatic N) is 3. The number of ether oxygens (including phenoxy) is 1. The van der Waals surface area contributed by atoms with Crippen molar-refractivity contribution in [1.82, 2.24) is 20.3 Å². The number of hydrogen-bond acceptors (Lipinski definition) is 4. The lowest BCUT2D eigenvalue weighted by molar-refractivity contribution is 0.184. The summed E-state index contributed by atoms with van der Waals surface area (Å²) in [5.41, 5.74) is 1.81. The second-order valence-electron chi connectivity index (χ2n) is 7.03. The van der Waals surface area contributed by atoms with Gasteiger partial charge in [-0.05, 0) is 42.5 Å². The Morgan fingerprint density at radius 3 is 2.71 bits per heavy atom. The summed E-state index contributed by atoms with van der Waals surface area (Å²) in [7, 11) is 1.64. The van der Waals surface area contributed by atoms with Crippen LogP contribution in [0.3, 0.4) is 0 Å². The molecule has 1 fully saturated rings. The van der Waals surface area contributed by atoms with Crippen LogP contribution in [0.1, 0.15) is 30.4 Å². The number of rotatable bonds is 6. The van der Waals surface area contributed by atoms with Gasteiger partial charge in [-0.3, -0.25) is 5.32 Å². The van der Waals surface area contributed by atoms with Gasteiger partial charge >= 0.3 is 6.03 Å². The molecule has 0 radical (unpaired) electrons. The lowest BCUT2D eigenvalue weighted by atomic mass is 9.72. The molecular weight excluding hydrogens is 354 g/mol. The van der Waals surface area contributed by atoms with Crippen molar-refractivity contribution >= 4 is 11.8 Å². The van der Waals surface area contributed by atoms with E-state index in [0.29, 0.717) is 12.4 Å². The summed E-state index contributed by atoms with van der Waals surface area (Å²) in [6, 6.07) is 17.6. The van der Waals surface area contributed by atoms with Crippen molar-refractivity contribution in [3.8, 4) is 5.75 Å². The predicted octanol–water partition coefficient (Wildman–Crippen LogP) is 3.54. The normalized spacial score (nSPS) is 14.8. The highest BCUT2D eigenvalue weighted by Crippen LogP contribution is 2.42. The minimum atomic E-state index is -0.362. The van der Waals surface area contributed by atoms with Crippen LogP contribution in [-0.4, -0.2) is 28.1 Å². The van der Waals surface area contributed by atoms with Gasteiger partial charge in [0.2, 0.25) is 0 Å². The van der Waals surface area contributed by atoms with Crippen LogP contribution in [0.5, 0.6) is 5.75 Å². The molecule has 1 heterocycles. The number of nitrogens with one attached hydrogen (secondary N) is 2. The number of carbonyl (C=O) groups is 1. The van der Waals surface area contributed by atoms with Gasteiger partial charge in [-0.1, -0.05) is 47.7 Å². The topological polar surface area (TPSA) is 81.1 Å². The van der Waals surface area contributed by atoms with Crippen LogP contribution in [0, 0.1) is 0 Å². The van der Waals surface area contributed by atoms with Crippen molar-refractivity contribution in [2.24, 2.45) is 0 Å². The molecule has 0 bridgehead atoms. The summed E-state index contributed by atoms with van der Waals surface area (Å²) in [5.74, 6) is 1.21. The number of hydrogen-bond donors (Lipinski definition) is 2. The van der Waals surface area contributed by atoms with Crippen LogP contribution < -0.4 is 15.4 Å². The number of benzene rings is 2. The van der Waals surface area contributed by atoms with Crippen LogP contribution in [0.4, 0.5) is 10.6 Å². The molecule has 7 nitrogen and oxygen atoms in total. The van der Waals surface area contributed by atoms with E-state index in [-0.39, 0.29) is 11.6 Å². The molecule has 0 saturated heterocycles. The molecule has 4 rings (SSSR count). The first kappa shape index (κ1) is 18.0. The van der Waals surface area contributed by atoms with Crippen LogP contribution in [-0.2, 0) is 12.1 Å². The fraction of sp³-hybridized carbons (Fsp3) is 0.286. The molecule has 0 spiro atoms. The number of aromatic nitrogens is 3. The molecule has 3 aromatic rings. The van der Waals surface area contributed by atoms with E-state index in [9.17, 15) is 4.79 Å². The van der Waals surface area contributed by atoms with Gasteiger partial charge in [-0.15, -0.1) is 5.10 Å². The minimum Gasteiger partial charge on any atom is -0.497 e. The molecular formula is C21H23N5O2. The first-order chi connectivity index (χ1) is 13.7. The Hall–Kier alpha value is -3.35. The molecule has 144 valence electrons. The fourth-order valence-corrected chi connectivity index (χ4v) is 3.51. The highest BCUT2D eigenvalue weighted by Gasteiger charge is 2.40. The highest BCUT2D eigenvalue weighted by molar-refractivity contribution is 5.88. The Morgan fingerprint density at radius 1 is 1.18 bits per heavy atom. The van der Waals surface area contributed by atoms with E-state index in [1.54, 1.807) is 18.0 Å². The van der Waals surface area contributed by atoms with E-state index in [1.165, 1.54) is 0 Å². The van der Waals surface area contributed by atoms with Crippen LogP contribution in [0.2, 0.25) is 0 Å². The molecule has 1 saturated carbocycles. The third-order valence-corrected chi connectivity index (χ3v) is 5.15. The molecule has 0 unspecified atom stereocenters. The average Bonchev–Trinajstić information content (AvgIpc) is 3.12. The Balaban J connectivity index is 1.41. The van der Waals surface area contributed by atoms with Crippen molar-refractivity contribution in [1.29, 1.82) is 0 Å². The summed E-state index contributed by atoms with van der Waals surface area (Å²) < 4.78 is 7.02. The molecule has 1 aliphatic rings. The smallest absolute Gasteiger partial charge is 0.321 e. The lowest BCUT2D eigenvalue weighted by Crippen LogP contribution is -2.52. The second-order valence-corrected chi connectivity index (χ2v) is 7.03. The largest absolute Gasteiger partial charge is 0.497 e. The number of urea groups is 1. The zero-order chi connectivity index (χ0) is 19.4. The Labute approximate surface area is 163 Å². The molecule has 1 aliphatic carbocycles. The Morgan fingerprint density at radius 2 is 2.00 bits per heavy atom. The van der Waals surface area contributed by atoms with Gasteiger partial charge in [-0.2, -0.15) is 0 Å². The maximum Gasteiger partial charge on any atom is 0.321 e. The standard InChI is InChI=1S/C21H23N5O2/c1-28-18-10-5-9-17(13-18)21(11-6-12-21)23-20(27)22-19-15-26(25-24-19)14-16-7-3-2-4-8-16/h2-5,7-10,13,15H,6,11-12,14H2,1H3,(H2,22,23,27). The first-order valence-corrected chi connectivity index (χ1v) is 9.35. The van der Waals surface area contributed by atoms with Crippen LogP contribution >= 0.6 is 0 Å². The summed E-state index contributed by atoms with van der Waals surface area (Å²) >= 11 is 0. The quantitative estimate of drug-likeness (QED) is 0.688. The van der Waals surface area contributed by atoms with E-state index < -0.39 is 0 Å². The number of anilines is 1. The number of carbonyl (C=O) groups excluding carboxylic acids is 1. The van der Waals surface area contributed by atoms with Crippen molar-refractivity contribution in [3.63, 3.8) is 0 Å². The van der Waals surface area contributed by atoms with Gasteiger partial charge in [-0.25, -0.2) is 9.48 Å². The lowest BCUT2D eigenvalue weighted by Gasteiger charge is -2.43. The molecule has 0 atom stereocenters. The Bertz CT molecular complexity index is 950. The van der Waals surface area contributed by atoms with Gasteiger partial charge in [0.25, 0.3) is 0 Å². The monoisotopic (exact) mass is 377 g/mol. The van der Waals surface area contributed by atoms with E-state index in [2.05, 4.69) is 20.9 Å². The summed E-state index contributed by atoms with van der Waals surface area (Å²) in [6.07, 6.45) is 4.60. The molecule has 2 N–H and O–H groups in total. The summed E-state index contributed by atoms with van der Waals surface area (Å²) in [4.78, 5) is 12.6. The molecule has 2 amide bonds. The third-order valence-electron chi connectivity index (χ3n) is 5.15. The van der Waals surface area contributed by atoms with Gasteiger partial charge in [0, 0.05) is 0 Å². The predicted molar refractivity (Wildman–Crippen MR) is 106 cm³/mol. The zero-order valence-electron chi connectivity index (χ0n) is 15.8. The van der Waals surface area contributed by atoms with Crippen LogP contribution in [0.15, 0.2) is 60.8 Å². The van der Waals surface area contributed by atoms with Crippen molar-refractivity contribution in [2.45, 2.75) is 31.3 Å². The summed E-state index contributed by atoms with van der Waals surface area (Å²) in [6.45, 7) is 0.602. The zero-order valence-corrected chi connectivity index (χ0v) is 15.8. The maximum atomic E-state index is 12.6. The van der Waals surface area contributed by atoms with Crippen LogP contribution in [0.25, 0.3) is 0 Å². The first-order valence-electron chi connectivity index (χ1n) is 9.35. The van der Waals surface area contributed by atoms with E-state index in [4.69, 9.17) is 4.74 Å². The van der Waals surface area contributed by atoms with Crippen molar-refractivity contribution in [3.05, 3.63) is 71.9 Å². The molecule has 7 heteroatoms. The average molecular weight is 377 g/mol. The molecule has 28 heavy (non-hydrogen) atoms. The Kier molecular flexibility index (Phi) is 4.97. The van der Waals surface area contributed by atoms with E-state index in [0.717, 1.165) is 36.1 Å². The van der Waals surface area contributed by atoms with Gasteiger partial charge < -0.3 is 10.1 Å². The van der Waals surface area contributed by atoms with E-state index in [1.807, 2.05) is 54.6 Å². The molecule has 2 aromatic carbocycles. The number of methoxy groups -OCH3 is 1. The maximum absolute atomic E-state index is 12.6. The van der Waals surface area contributed by atoms with Gasteiger partial charge in [0.05, 0.1) is 25.4 Å². The van der Waals surface area contributed by atoms with Crippen molar-refractivity contribution in [2.75, 3.05) is 12.4 Å². The molecule has 0 aliphatic heterocycles. The van der Waals surface area contributed by atoms with E-state index >= 15 is 0 Å². The second kappa shape index (κ2) is 7.72. The molecule has 1 aromatic heterocycles.